The summed E-state index contributed by atoms with van der Waals surface area (Å²) in [5.74, 6) is 0.750. The van der Waals surface area contributed by atoms with Crippen LogP contribution in [-0.2, 0) is 4.74 Å². The number of ether oxygens (including phenoxy) is 1. The third-order valence-corrected chi connectivity index (χ3v) is 3.02. The van der Waals surface area contributed by atoms with Crippen LogP contribution in [0, 0.1) is 0 Å². The van der Waals surface area contributed by atoms with Crippen LogP contribution in [0.2, 0.25) is 0 Å². The molecule has 1 aromatic carbocycles. The first kappa shape index (κ1) is 13.3. The molecule has 0 spiro atoms. The first-order valence-electron chi connectivity index (χ1n) is 5.66. The molecule has 0 aliphatic rings. The monoisotopic (exact) mass is 310 g/mol. The lowest BCUT2D eigenvalue weighted by molar-refractivity contribution is 0.0727. The number of hydrogen-bond donors (Lipinski definition) is 2. The van der Waals surface area contributed by atoms with Gasteiger partial charge in [0.05, 0.1) is 18.2 Å². The van der Waals surface area contributed by atoms with Crippen LogP contribution in [0.5, 0.6) is 0 Å². The number of anilines is 1. The molecule has 2 rings (SSSR count). The van der Waals surface area contributed by atoms with Gasteiger partial charge in [0, 0.05) is 23.5 Å². The highest BCUT2D eigenvalue weighted by atomic mass is 79.9. The Balaban J connectivity index is 2.08. The average Bonchev–Trinajstić information content (AvgIpc) is 2.36. The number of nitrogens with one attached hydrogen (secondary N) is 1. The van der Waals surface area contributed by atoms with Crippen LogP contribution in [-0.4, -0.2) is 36.5 Å². The summed E-state index contributed by atoms with van der Waals surface area (Å²) in [6.07, 6.45) is -0.530. The standard InChI is InChI=1S/C13H15BrN2O2/c1-18-8-11(17)7-15-13-5-2-9-6-10(14)3-4-12(9)16-13/h2-6,11,17H,7-8H2,1H3,(H,15,16)/t11-/m0/s1. The van der Waals surface area contributed by atoms with Crippen molar-refractivity contribution in [3.05, 3.63) is 34.8 Å². The second-order valence-corrected chi connectivity index (χ2v) is 4.94. The fraction of sp³-hybridized carbons (Fsp3) is 0.308. The number of aliphatic hydroxyl groups is 1. The quantitative estimate of drug-likeness (QED) is 0.890. The molecule has 1 aromatic heterocycles. The van der Waals surface area contributed by atoms with E-state index in [-0.39, 0.29) is 0 Å². The van der Waals surface area contributed by atoms with Crippen molar-refractivity contribution in [2.75, 3.05) is 25.6 Å². The van der Waals surface area contributed by atoms with E-state index in [4.69, 9.17) is 4.74 Å². The van der Waals surface area contributed by atoms with Gasteiger partial charge in [0.1, 0.15) is 5.82 Å². The number of methoxy groups -OCH3 is 1. The van der Waals surface area contributed by atoms with Gasteiger partial charge in [0.15, 0.2) is 0 Å². The molecule has 5 heteroatoms. The number of halogens is 1. The molecule has 0 amide bonds. The fourth-order valence-electron chi connectivity index (χ4n) is 1.67. The maximum absolute atomic E-state index is 9.54. The second-order valence-electron chi connectivity index (χ2n) is 4.02. The van der Waals surface area contributed by atoms with E-state index in [0.29, 0.717) is 13.2 Å². The van der Waals surface area contributed by atoms with Gasteiger partial charge in [0.25, 0.3) is 0 Å². The first-order chi connectivity index (χ1) is 8.69. The summed E-state index contributed by atoms with van der Waals surface area (Å²) in [7, 11) is 1.56. The molecular formula is C13H15BrN2O2. The Labute approximate surface area is 114 Å². The van der Waals surface area contributed by atoms with Gasteiger partial charge in [-0.3, -0.25) is 0 Å². The lowest BCUT2D eigenvalue weighted by atomic mass is 10.2. The second kappa shape index (κ2) is 6.13. The van der Waals surface area contributed by atoms with Crippen molar-refractivity contribution in [2.45, 2.75) is 6.10 Å². The van der Waals surface area contributed by atoms with Crippen molar-refractivity contribution in [1.29, 1.82) is 0 Å². The third-order valence-electron chi connectivity index (χ3n) is 2.53. The van der Waals surface area contributed by atoms with Gasteiger partial charge in [-0.25, -0.2) is 4.98 Å². The molecule has 96 valence electrons. The molecule has 2 aromatic rings. The Kier molecular flexibility index (Phi) is 4.52. The molecule has 4 nitrogen and oxygen atoms in total. The molecule has 0 fully saturated rings. The summed E-state index contributed by atoms with van der Waals surface area (Å²) in [5.41, 5.74) is 0.921. The Hall–Kier alpha value is -1.17. The Morgan fingerprint density at radius 2 is 2.22 bits per heavy atom. The predicted octanol–water partition coefficient (Wildman–Crippen LogP) is 2.42. The zero-order valence-corrected chi connectivity index (χ0v) is 11.6. The Morgan fingerprint density at radius 3 is 3.00 bits per heavy atom. The van der Waals surface area contributed by atoms with Crippen LogP contribution in [0.3, 0.4) is 0 Å². The summed E-state index contributed by atoms with van der Waals surface area (Å²) in [5, 5.41) is 13.7. The van der Waals surface area contributed by atoms with E-state index >= 15 is 0 Å². The van der Waals surface area contributed by atoms with Crippen LogP contribution in [0.15, 0.2) is 34.8 Å². The maximum atomic E-state index is 9.54. The Morgan fingerprint density at radius 1 is 1.39 bits per heavy atom. The number of benzene rings is 1. The number of fused-ring (bicyclic) bond motifs is 1. The van der Waals surface area contributed by atoms with Gasteiger partial charge < -0.3 is 15.2 Å². The fourth-order valence-corrected chi connectivity index (χ4v) is 2.05. The zero-order valence-electron chi connectivity index (χ0n) is 10.1. The number of pyridine rings is 1. The average molecular weight is 311 g/mol. The van der Waals surface area contributed by atoms with Crippen LogP contribution in [0.4, 0.5) is 5.82 Å². The van der Waals surface area contributed by atoms with E-state index in [1.54, 1.807) is 7.11 Å². The molecule has 1 atom stereocenters. The van der Waals surface area contributed by atoms with E-state index in [2.05, 4.69) is 26.2 Å². The lowest BCUT2D eigenvalue weighted by Crippen LogP contribution is -2.24. The molecule has 0 saturated heterocycles. The largest absolute Gasteiger partial charge is 0.389 e. The molecule has 0 unspecified atom stereocenters. The first-order valence-corrected chi connectivity index (χ1v) is 6.45. The summed E-state index contributed by atoms with van der Waals surface area (Å²) in [4.78, 5) is 4.46. The van der Waals surface area contributed by atoms with Gasteiger partial charge in [-0.05, 0) is 30.3 Å². The van der Waals surface area contributed by atoms with Crippen molar-refractivity contribution in [1.82, 2.24) is 4.98 Å². The summed E-state index contributed by atoms with van der Waals surface area (Å²) < 4.78 is 5.90. The predicted molar refractivity (Wildman–Crippen MR) is 75.8 cm³/mol. The topological polar surface area (TPSA) is 54.4 Å². The normalized spacial score (nSPS) is 12.6. The molecule has 0 radical (unpaired) electrons. The SMILES string of the molecule is COC[C@@H](O)CNc1ccc2cc(Br)ccc2n1. The highest BCUT2D eigenvalue weighted by molar-refractivity contribution is 9.10. The molecular weight excluding hydrogens is 296 g/mol. The Bertz CT molecular complexity index is 533. The van der Waals surface area contributed by atoms with E-state index < -0.39 is 6.10 Å². The van der Waals surface area contributed by atoms with E-state index in [1.807, 2.05) is 30.3 Å². The molecule has 0 aliphatic carbocycles. The number of rotatable bonds is 5. The summed E-state index contributed by atoms with van der Waals surface area (Å²) >= 11 is 3.43. The van der Waals surface area contributed by atoms with Crippen LogP contribution in [0.1, 0.15) is 0 Å². The van der Waals surface area contributed by atoms with Crippen LogP contribution in [0.25, 0.3) is 10.9 Å². The minimum absolute atomic E-state index is 0.313. The highest BCUT2D eigenvalue weighted by Gasteiger charge is 2.04. The minimum Gasteiger partial charge on any atom is -0.389 e. The van der Waals surface area contributed by atoms with Crippen molar-refractivity contribution >= 4 is 32.7 Å². The van der Waals surface area contributed by atoms with Crippen molar-refractivity contribution in [2.24, 2.45) is 0 Å². The number of aromatic nitrogens is 1. The van der Waals surface area contributed by atoms with E-state index in [0.717, 1.165) is 21.2 Å². The van der Waals surface area contributed by atoms with Gasteiger partial charge >= 0.3 is 0 Å². The van der Waals surface area contributed by atoms with Gasteiger partial charge in [-0.1, -0.05) is 15.9 Å². The number of nitrogens with zero attached hydrogens (tertiary/aromatic N) is 1. The van der Waals surface area contributed by atoms with Crippen molar-refractivity contribution in [3.8, 4) is 0 Å². The third kappa shape index (κ3) is 3.41. The van der Waals surface area contributed by atoms with Crippen molar-refractivity contribution in [3.63, 3.8) is 0 Å². The van der Waals surface area contributed by atoms with Gasteiger partial charge in [0.2, 0.25) is 0 Å². The van der Waals surface area contributed by atoms with Crippen LogP contribution >= 0.6 is 15.9 Å². The minimum atomic E-state index is -0.530. The van der Waals surface area contributed by atoms with Gasteiger partial charge in [-0.15, -0.1) is 0 Å². The van der Waals surface area contributed by atoms with Crippen LogP contribution < -0.4 is 5.32 Å². The smallest absolute Gasteiger partial charge is 0.126 e. The summed E-state index contributed by atoms with van der Waals surface area (Å²) in [6.45, 7) is 0.733. The molecule has 0 aliphatic heterocycles. The number of hydrogen-bond acceptors (Lipinski definition) is 4. The highest BCUT2D eigenvalue weighted by Crippen LogP contribution is 2.19. The van der Waals surface area contributed by atoms with E-state index in [9.17, 15) is 5.11 Å². The summed E-state index contributed by atoms with van der Waals surface area (Å²) in [6, 6.07) is 9.83. The molecule has 18 heavy (non-hydrogen) atoms. The molecule has 0 bridgehead atoms. The molecule has 0 saturated carbocycles. The van der Waals surface area contributed by atoms with Crippen molar-refractivity contribution < 1.29 is 9.84 Å². The number of aliphatic hydroxyl groups excluding tert-OH is 1. The van der Waals surface area contributed by atoms with E-state index in [1.165, 1.54) is 0 Å². The zero-order chi connectivity index (χ0) is 13.0. The molecule has 1 heterocycles. The molecule has 2 N–H and O–H groups in total. The maximum Gasteiger partial charge on any atom is 0.126 e. The lowest BCUT2D eigenvalue weighted by Gasteiger charge is -2.11. The van der Waals surface area contributed by atoms with Gasteiger partial charge in [-0.2, -0.15) is 0 Å².